The summed E-state index contributed by atoms with van der Waals surface area (Å²) in [6, 6.07) is 3.85. The topological polar surface area (TPSA) is 101 Å². The van der Waals surface area contributed by atoms with E-state index in [0.29, 0.717) is 0 Å². The maximum absolute atomic E-state index is 11.5. The van der Waals surface area contributed by atoms with Gasteiger partial charge in [-0.1, -0.05) is 11.6 Å². The number of carbonyl (C=O) groups excluding carboxylic acids is 1. The standard InChI is InChI=1S/C11H12ClNO5S/c1-19(17,18)5-4-10(14)13-9-3-2-7(11(15)16)6-8(9)12/h2-3,6H,4-5H2,1H3,(H,13,14)(H,15,16). The monoisotopic (exact) mass is 305 g/mol. The van der Waals surface area contributed by atoms with Gasteiger partial charge in [0.05, 0.1) is 22.0 Å². The lowest BCUT2D eigenvalue weighted by Gasteiger charge is -2.07. The van der Waals surface area contributed by atoms with Crippen molar-refractivity contribution in [3.63, 3.8) is 0 Å². The predicted molar refractivity (Wildman–Crippen MR) is 71.4 cm³/mol. The van der Waals surface area contributed by atoms with E-state index < -0.39 is 21.7 Å². The van der Waals surface area contributed by atoms with Crippen LogP contribution in [-0.4, -0.2) is 37.4 Å². The van der Waals surface area contributed by atoms with Crippen molar-refractivity contribution in [1.29, 1.82) is 0 Å². The molecule has 0 atom stereocenters. The second kappa shape index (κ2) is 6.03. The lowest BCUT2D eigenvalue weighted by Crippen LogP contribution is -2.16. The molecule has 104 valence electrons. The molecule has 8 heteroatoms. The molecule has 19 heavy (non-hydrogen) atoms. The molecule has 0 aliphatic heterocycles. The summed E-state index contributed by atoms with van der Waals surface area (Å²) >= 11 is 5.81. The highest BCUT2D eigenvalue weighted by Crippen LogP contribution is 2.23. The van der Waals surface area contributed by atoms with E-state index in [1.807, 2.05) is 0 Å². The zero-order chi connectivity index (χ0) is 14.6. The van der Waals surface area contributed by atoms with Crippen LogP contribution in [0, 0.1) is 0 Å². The number of carboxylic acid groups (broad SMARTS) is 1. The molecule has 0 aromatic heterocycles. The number of benzene rings is 1. The van der Waals surface area contributed by atoms with Crippen LogP contribution in [0.25, 0.3) is 0 Å². The molecule has 0 bridgehead atoms. The average Bonchev–Trinajstić information content (AvgIpc) is 2.28. The molecule has 0 radical (unpaired) electrons. The van der Waals surface area contributed by atoms with E-state index in [0.717, 1.165) is 6.26 Å². The summed E-state index contributed by atoms with van der Waals surface area (Å²) in [5, 5.41) is 11.2. The first-order valence-corrected chi connectivity index (χ1v) is 7.63. The zero-order valence-corrected chi connectivity index (χ0v) is 11.6. The Morgan fingerprint density at radius 1 is 1.37 bits per heavy atom. The maximum Gasteiger partial charge on any atom is 0.335 e. The first kappa shape index (κ1) is 15.5. The van der Waals surface area contributed by atoms with Crippen molar-refractivity contribution in [1.82, 2.24) is 0 Å². The number of sulfone groups is 1. The Bertz CT molecular complexity index is 612. The van der Waals surface area contributed by atoms with E-state index in [1.165, 1.54) is 18.2 Å². The molecule has 1 amide bonds. The lowest BCUT2D eigenvalue weighted by molar-refractivity contribution is -0.115. The van der Waals surface area contributed by atoms with Gasteiger partial charge in [0.1, 0.15) is 9.84 Å². The van der Waals surface area contributed by atoms with E-state index >= 15 is 0 Å². The van der Waals surface area contributed by atoms with Crippen LogP contribution in [-0.2, 0) is 14.6 Å². The smallest absolute Gasteiger partial charge is 0.335 e. The van der Waals surface area contributed by atoms with Gasteiger partial charge < -0.3 is 10.4 Å². The molecular weight excluding hydrogens is 294 g/mol. The van der Waals surface area contributed by atoms with Crippen molar-refractivity contribution in [2.75, 3.05) is 17.3 Å². The molecule has 0 unspecified atom stereocenters. The fourth-order valence-corrected chi connectivity index (χ4v) is 2.02. The van der Waals surface area contributed by atoms with Gasteiger partial charge in [0.15, 0.2) is 0 Å². The minimum absolute atomic E-state index is 0.000801. The quantitative estimate of drug-likeness (QED) is 0.856. The third-order valence-corrected chi connectivity index (χ3v) is 3.45. The number of amides is 1. The molecule has 0 aliphatic carbocycles. The number of carbonyl (C=O) groups is 2. The Morgan fingerprint density at radius 3 is 2.47 bits per heavy atom. The Morgan fingerprint density at radius 2 is 2.00 bits per heavy atom. The zero-order valence-electron chi connectivity index (χ0n) is 10.0. The van der Waals surface area contributed by atoms with Crippen LogP contribution in [0.5, 0.6) is 0 Å². The summed E-state index contributed by atoms with van der Waals surface area (Å²) in [6.07, 6.45) is 0.852. The second-order valence-corrected chi connectivity index (χ2v) is 6.59. The molecule has 0 fully saturated rings. The Balaban J connectivity index is 2.72. The Hall–Kier alpha value is -1.60. The van der Waals surface area contributed by atoms with Crippen LogP contribution in [0.2, 0.25) is 5.02 Å². The van der Waals surface area contributed by atoms with E-state index in [9.17, 15) is 18.0 Å². The summed E-state index contributed by atoms with van der Waals surface area (Å²) in [5.74, 6) is -1.89. The van der Waals surface area contributed by atoms with Crippen LogP contribution in [0.4, 0.5) is 5.69 Å². The molecule has 0 saturated carbocycles. The summed E-state index contributed by atoms with van der Waals surface area (Å²) in [6.45, 7) is 0. The number of anilines is 1. The maximum atomic E-state index is 11.5. The summed E-state index contributed by atoms with van der Waals surface area (Å²) in [7, 11) is -3.21. The number of carboxylic acids is 1. The average molecular weight is 306 g/mol. The van der Waals surface area contributed by atoms with Crippen molar-refractivity contribution >= 4 is 39.0 Å². The van der Waals surface area contributed by atoms with Crippen molar-refractivity contribution in [2.24, 2.45) is 0 Å². The summed E-state index contributed by atoms with van der Waals surface area (Å²) in [5.41, 5.74) is 0.240. The number of nitrogens with one attached hydrogen (secondary N) is 1. The number of halogens is 1. The van der Waals surface area contributed by atoms with Gasteiger partial charge in [0, 0.05) is 12.7 Å². The van der Waals surface area contributed by atoms with Crippen LogP contribution < -0.4 is 5.32 Å². The van der Waals surface area contributed by atoms with Gasteiger partial charge in [0.25, 0.3) is 0 Å². The fraction of sp³-hybridized carbons (Fsp3) is 0.273. The normalized spacial score (nSPS) is 11.1. The lowest BCUT2D eigenvalue weighted by atomic mass is 10.2. The first-order valence-electron chi connectivity index (χ1n) is 5.19. The van der Waals surface area contributed by atoms with E-state index in [2.05, 4.69) is 5.32 Å². The van der Waals surface area contributed by atoms with Crippen LogP contribution in [0.3, 0.4) is 0 Å². The van der Waals surface area contributed by atoms with Gasteiger partial charge in [-0.2, -0.15) is 0 Å². The van der Waals surface area contributed by atoms with Crippen LogP contribution in [0.1, 0.15) is 16.8 Å². The number of aromatic carboxylic acids is 1. The van der Waals surface area contributed by atoms with Gasteiger partial charge in [-0.05, 0) is 18.2 Å². The molecule has 0 spiro atoms. The molecule has 0 heterocycles. The molecule has 6 nitrogen and oxygen atoms in total. The fourth-order valence-electron chi connectivity index (χ4n) is 1.24. The summed E-state index contributed by atoms with van der Waals surface area (Å²) in [4.78, 5) is 22.2. The Kier molecular flexibility index (Phi) is 4.90. The van der Waals surface area contributed by atoms with Gasteiger partial charge >= 0.3 is 5.97 Å². The van der Waals surface area contributed by atoms with Crippen molar-refractivity contribution < 1.29 is 23.1 Å². The molecule has 1 rings (SSSR count). The second-order valence-electron chi connectivity index (χ2n) is 3.93. The number of rotatable bonds is 5. The number of hydrogen-bond donors (Lipinski definition) is 2. The third-order valence-electron chi connectivity index (χ3n) is 2.19. The largest absolute Gasteiger partial charge is 0.478 e. The van der Waals surface area contributed by atoms with E-state index in [4.69, 9.17) is 16.7 Å². The molecule has 0 saturated heterocycles. The molecular formula is C11H12ClNO5S. The highest BCUT2D eigenvalue weighted by atomic mass is 35.5. The van der Waals surface area contributed by atoms with Crippen molar-refractivity contribution in [2.45, 2.75) is 6.42 Å². The third kappa shape index (κ3) is 5.27. The van der Waals surface area contributed by atoms with Crippen molar-refractivity contribution in [3.05, 3.63) is 28.8 Å². The number of hydrogen-bond acceptors (Lipinski definition) is 4. The highest BCUT2D eigenvalue weighted by Gasteiger charge is 2.11. The van der Waals surface area contributed by atoms with E-state index in [-0.39, 0.29) is 28.4 Å². The predicted octanol–water partition coefficient (Wildman–Crippen LogP) is 1.41. The van der Waals surface area contributed by atoms with Gasteiger partial charge in [-0.15, -0.1) is 0 Å². The van der Waals surface area contributed by atoms with Gasteiger partial charge in [0.2, 0.25) is 5.91 Å². The van der Waals surface area contributed by atoms with E-state index in [1.54, 1.807) is 0 Å². The SMILES string of the molecule is CS(=O)(=O)CCC(=O)Nc1ccc(C(=O)O)cc1Cl. The first-order chi connectivity index (χ1) is 8.69. The van der Waals surface area contributed by atoms with Crippen molar-refractivity contribution in [3.8, 4) is 0 Å². The molecule has 2 N–H and O–H groups in total. The molecule has 1 aromatic carbocycles. The van der Waals surface area contributed by atoms with Gasteiger partial charge in [-0.25, -0.2) is 13.2 Å². The van der Waals surface area contributed by atoms with Gasteiger partial charge in [-0.3, -0.25) is 4.79 Å². The van der Waals surface area contributed by atoms with Crippen LogP contribution in [0.15, 0.2) is 18.2 Å². The Labute approximate surface area is 115 Å². The highest BCUT2D eigenvalue weighted by molar-refractivity contribution is 7.90. The minimum Gasteiger partial charge on any atom is -0.478 e. The summed E-state index contributed by atoms with van der Waals surface area (Å²) < 4.78 is 21.8. The minimum atomic E-state index is -3.21. The molecule has 0 aliphatic rings. The molecule has 1 aromatic rings. The van der Waals surface area contributed by atoms with Crippen LogP contribution >= 0.6 is 11.6 Å².